The van der Waals surface area contributed by atoms with Crippen molar-refractivity contribution in [2.75, 3.05) is 13.1 Å². The summed E-state index contributed by atoms with van der Waals surface area (Å²) in [5.74, 6) is 0.709. The van der Waals surface area contributed by atoms with Gasteiger partial charge < -0.3 is 15.0 Å². The molecule has 1 heterocycles. The third-order valence-electron chi connectivity index (χ3n) is 6.40. The molecule has 1 aliphatic rings. The summed E-state index contributed by atoms with van der Waals surface area (Å²) in [7, 11) is 0. The van der Waals surface area contributed by atoms with Gasteiger partial charge in [-0.2, -0.15) is 0 Å². The van der Waals surface area contributed by atoms with Gasteiger partial charge in [-0.1, -0.05) is 59.7 Å². The van der Waals surface area contributed by atoms with Crippen LogP contribution in [0.1, 0.15) is 77.1 Å². The van der Waals surface area contributed by atoms with Crippen molar-refractivity contribution in [3.63, 3.8) is 0 Å². The summed E-state index contributed by atoms with van der Waals surface area (Å²) in [4.78, 5) is 28.0. The average molecular weight is 483 g/mol. The van der Waals surface area contributed by atoms with Gasteiger partial charge in [-0.25, -0.2) is 4.39 Å². The number of nitrogens with one attached hydrogen (secondary N) is 1. The van der Waals surface area contributed by atoms with Crippen molar-refractivity contribution in [2.24, 2.45) is 11.3 Å². The van der Waals surface area contributed by atoms with Crippen molar-refractivity contribution in [1.82, 2.24) is 10.2 Å². The first kappa shape index (κ1) is 26.7. The standard InChI is InChI=1S/C29H39FN2O3/c1-7-25(27(33)31-16-14-19(2)3)35-23-13-10-20-15-17-32(28(34)29(4,5)6)26(24(20)18-23)21-8-11-22(30)12-9-21/h8-13,18-19,25-26H,7,14-17H2,1-6H3,(H,31,33)/t25-,26-/m1/s1. The van der Waals surface area contributed by atoms with Crippen LogP contribution in [0.2, 0.25) is 0 Å². The van der Waals surface area contributed by atoms with Gasteiger partial charge in [0.1, 0.15) is 11.6 Å². The third-order valence-corrected chi connectivity index (χ3v) is 6.40. The van der Waals surface area contributed by atoms with Crippen molar-refractivity contribution in [3.05, 3.63) is 65.0 Å². The molecule has 0 radical (unpaired) electrons. The van der Waals surface area contributed by atoms with Gasteiger partial charge in [0.15, 0.2) is 6.10 Å². The van der Waals surface area contributed by atoms with E-state index in [4.69, 9.17) is 4.74 Å². The Morgan fingerprint density at radius 1 is 1.14 bits per heavy atom. The lowest BCUT2D eigenvalue weighted by Gasteiger charge is -2.41. The average Bonchev–Trinajstić information content (AvgIpc) is 2.81. The second-order valence-electron chi connectivity index (χ2n) is 10.8. The summed E-state index contributed by atoms with van der Waals surface area (Å²) >= 11 is 0. The van der Waals surface area contributed by atoms with E-state index in [1.54, 1.807) is 12.1 Å². The van der Waals surface area contributed by atoms with Crippen LogP contribution in [-0.2, 0) is 16.0 Å². The van der Waals surface area contributed by atoms with Crippen LogP contribution in [0.15, 0.2) is 42.5 Å². The first-order valence-electron chi connectivity index (χ1n) is 12.6. The molecule has 0 bridgehead atoms. The van der Waals surface area contributed by atoms with Crippen LogP contribution < -0.4 is 10.1 Å². The fourth-order valence-electron chi connectivity index (χ4n) is 4.41. The summed E-state index contributed by atoms with van der Waals surface area (Å²) in [6.07, 6.45) is 1.58. The maximum absolute atomic E-state index is 13.7. The van der Waals surface area contributed by atoms with E-state index in [0.29, 0.717) is 31.2 Å². The molecule has 0 spiro atoms. The maximum Gasteiger partial charge on any atom is 0.261 e. The van der Waals surface area contributed by atoms with Gasteiger partial charge in [0.05, 0.1) is 6.04 Å². The molecular formula is C29H39FN2O3. The second-order valence-corrected chi connectivity index (χ2v) is 10.8. The number of nitrogens with zero attached hydrogens (tertiary/aromatic N) is 1. The molecule has 3 rings (SSSR count). The Kier molecular flexibility index (Phi) is 8.57. The predicted octanol–water partition coefficient (Wildman–Crippen LogP) is 5.67. The van der Waals surface area contributed by atoms with E-state index in [9.17, 15) is 14.0 Å². The van der Waals surface area contributed by atoms with Crippen molar-refractivity contribution >= 4 is 11.8 Å². The predicted molar refractivity (Wildman–Crippen MR) is 137 cm³/mol. The Hall–Kier alpha value is -2.89. The van der Waals surface area contributed by atoms with Crippen LogP contribution in [0, 0.1) is 17.2 Å². The van der Waals surface area contributed by atoms with E-state index in [1.807, 2.05) is 50.8 Å². The topological polar surface area (TPSA) is 58.6 Å². The quantitative estimate of drug-likeness (QED) is 0.528. The van der Waals surface area contributed by atoms with Crippen LogP contribution in [0.4, 0.5) is 4.39 Å². The van der Waals surface area contributed by atoms with Crippen LogP contribution in [0.3, 0.4) is 0 Å². The summed E-state index contributed by atoms with van der Waals surface area (Å²) in [5, 5.41) is 2.97. The number of amides is 2. The number of fused-ring (bicyclic) bond motifs is 1. The number of hydrogen-bond donors (Lipinski definition) is 1. The molecule has 0 saturated carbocycles. The molecule has 0 aromatic heterocycles. The van der Waals surface area contributed by atoms with Gasteiger partial charge in [-0.15, -0.1) is 0 Å². The zero-order valence-corrected chi connectivity index (χ0v) is 21.9. The monoisotopic (exact) mass is 482 g/mol. The Labute approximate surface area is 209 Å². The van der Waals surface area contributed by atoms with Gasteiger partial charge in [-0.3, -0.25) is 9.59 Å². The molecule has 2 amide bonds. The largest absolute Gasteiger partial charge is 0.481 e. The van der Waals surface area contributed by atoms with Gasteiger partial charge in [-0.05, 0) is 66.1 Å². The van der Waals surface area contributed by atoms with Gasteiger partial charge in [0.25, 0.3) is 5.91 Å². The highest BCUT2D eigenvalue weighted by Crippen LogP contribution is 2.39. The molecule has 0 unspecified atom stereocenters. The third kappa shape index (κ3) is 6.62. The summed E-state index contributed by atoms with van der Waals surface area (Å²) in [6.45, 7) is 13.1. The molecule has 0 saturated heterocycles. The van der Waals surface area contributed by atoms with E-state index in [1.165, 1.54) is 12.1 Å². The molecule has 0 fully saturated rings. The van der Waals surface area contributed by atoms with E-state index >= 15 is 0 Å². The molecular weight excluding hydrogens is 443 g/mol. The van der Waals surface area contributed by atoms with Crippen LogP contribution in [0.25, 0.3) is 0 Å². The van der Waals surface area contributed by atoms with E-state index in [0.717, 1.165) is 29.5 Å². The zero-order chi connectivity index (χ0) is 25.8. The molecule has 0 aliphatic carbocycles. The first-order chi connectivity index (χ1) is 16.5. The highest BCUT2D eigenvalue weighted by atomic mass is 19.1. The highest BCUT2D eigenvalue weighted by Gasteiger charge is 2.37. The number of hydrogen-bond acceptors (Lipinski definition) is 3. The fraction of sp³-hybridized carbons (Fsp3) is 0.517. The molecule has 1 aliphatic heterocycles. The lowest BCUT2D eigenvalue weighted by molar-refractivity contribution is -0.141. The summed E-state index contributed by atoms with van der Waals surface area (Å²) in [6, 6.07) is 11.8. The zero-order valence-electron chi connectivity index (χ0n) is 21.9. The molecule has 5 nitrogen and oxygen atoms in total. The van der Waals surface area contributed by atoms with E-state index in [2.05, 4.69) is 19.2 Å². The number of ether oxygens (including phenoxy) is 1. The van der Waals surface area contributed by atoms with Crippen LogP contribution in [0.5, 0.6) is 5.75 Å². The molecule has 2 aromatic carbocycles. The van der Waals surface area contributed by atoms with E-state index in [-0.39, 0.29) is 23.7 Å². The summed E-state index contributed by atoms with van der Waals surface area (Å²) < 4.78 is 19.9. The highest BCUT2D eigenvalue weighted by molar-refractivity contribution is 5.83. The van der Waals surface area contributed by atoms with Crippen LogP contribution >= 0.6 is 0 Å². The Morgan fingerprint density at radius 2 is 1.83 bits per heavy atom. The molecule has 2 aromatic rings. The van der Waals surface area contributed by atoms with Gasteiger partial charge >= 0.3 is 0 Å². The van der Waals surface area contributed by atoms with Crippen molar-refractivity contribution in [3.8, 4) is 5.75 Å². The maximum atomic E-state index is 13.7. The number of carbonyl (C=O) groups is 2. The molecule has 1 N–H and O–H groups in total. The Balaban J connectivity index is 1.93. The minimum Gasteiger partial charge on any atom is -0.481 e. The Morgan fingerprint density at radius 3 is 2.43 bits per heavy atom. The van der Waals surface area contributed by atoms with Gasteiger partial charge in [0, 0.05) is 18.5 Å². The first-order valence-corrected chi connectivity index (χ1v) is 12.6. The van der Waals surface area contributed by atoms with Crippen molar-refractivity contribution in [1.29, 1.82) is 0 Å². The van der Waals surface area contributed by atoms with Crippen molar-refractivity contribution in [2.45, 2.75) is 73.0 Å². The number of rotatable bonds is 8. The number of benzene rings is 2. The smallest absolute Gasteiger partial charge is 0.261 e. The fourth-order valence-corrected chi connectivity index (χ4v) is 4.41. The summed E-state index contributed by atoms with van der Waals surface area (Å²) in [5.41, 5.74) is 2.37. The minimum atomic E-state index is -0.597. The molecule has 2 atom stereocenters. The molecule has 6 heteroatoms. The number of halogens is 1. The normalized spacial score (nSPS) is 16.6. The Bertz CT molecular complexity index is 1030. The lowest BCUT2D eigenvalue weighted by atomic mass is 9.85. The lowest BCUT2D eigenvalue weighted by Crippen LogP contribution is -2.45. The van der Waals surface area contributed by atoms with Crippen LogP contribution in [-0.4, -0.2) is 35.9 Å². The van der Waals surface area contributed by atoms with Crippen molar-refractivity contribution < 1.29 is 18.7 Å². The second kappa shape index (κ2) is 11.2. The minimum absolute atomic E-state index is 0.0414. The SMILES string of the molecule is CC[C@@H](Oc1ccc2c(c1)[C@@H](c1ccc(F)cc1)N(C(=O)C(C)(C)C)CC2)C(=O)NCCC(C)C. The molecule has 190 valence electrons. The van der Waals surface area contributed by atoms with Gasteiger partial charge in [0.2, 0.25) is 5.91 Å². The molecule has 35 heavy (non-hydrogen) atoms. The van der Waals surface area contributed by atoms with E-state index < -0.39 is 11.5 Å². The number of carbonyl (C=O) groups excluding carboxylic acids is 2.